The van der Waals surface area contributed by atoms with E-state index in [1.807, 2.05) is 0 Å². The number of nitrogens with two attached hydrogens (primary N) is 1. The van der Waals surface area contributed by atoms with Crippen LogP contribution in [0.2, 0.25) is 0 Å². The number of carboxylic acid groups (broad SMARTS) is 1. The fourth-order valence-electron chi connectivity index (χ4n) is 2.31. The zero-order valence-electron chi connectivity index (χ0n) is 13.1. The lowest BCUT2D eigenvalue weighted by molar-refractivity contribution is -0.136. The van der Waals surface area contributed by atoms with Gasteiger partial charge >= 0.3 is 5.97 Å². The summed E-state index contributed by atoms with van der Waals surface area (Å²) in [5.41, 5.74) is 8.44. The van der Waals surface area contributed by atoms with E-state index in [4.69, 9.17) is 10.8 Å². The Morgan fingerprint density at radius 2 is 1.84 bits per heavy atom. The van der Waals surface area contributed by atoms with Crippen LogP contribution in [0.3, 0.4) is 0 Å². The first-order chi connectivity index (χ1) is 12.0. The molecule has 126 valence electrons. The molecule has 0 saturated carbocycles. The largest absolute Gasteiger partial charge is 0.481 e. The highest BCUT2D eigenvalue weighted by molar-refractivity contribution is 5.73. The van der Waals surface area contributed by atoms with Gasteiger partial charge in [-0.15, -0.1) is 5.11 Å². The number of benzene rings is 2. The van der Waals surface area contributed by atoms with Gasteiger partial charge in [-0.05, 0) is 29.8 Å². The molecular formula is C17H15N5O3. The number of hydrogen-bond acceptors (Lipinski definition) is 5. The van der Waals surface area contributed by atoms with Crippen LogP contribution in [0.1, 0.15) is 5.56 Å². The van der Waals surface area contributed by atoms with E-state index < -0.39 is 11.5 Å². The third kappa shape index (κ3) is 3.81. The number of hydrogen-bond donors (Lipinski definition) is 4. The number of nitrogen functional groups attached to an aromatic ring is 1. The Balaban J connectivity index is 1.88. The van der Waals surface area contributed by atoms with E-state index in [1.54, 1.807) is 48.5 Å². The highest BCUT2D eigenvalue weighted by atomic mass is 16.4. The first-order valence-electron chi connectivity index (χ1n) is 7.42. The second kappa shape index (κ2) is 6.83. The third-order valence-electron chi connectivity index (χ3n) is 3.49. The molecule has 3 rings (SSSR count). The molecule has 5 N–H and O–H groups in total. The second-order valence-electron chi connectivity index (χ2n) is 5.37. The average Bonchev–Trinajstić information content (AvgIpc) is 2.94. The van der Waals surface area contributed by atoms with Crippen LogP contribution in [-0.2, 0) is 11.2 Å². The molecule has 0 unspecified atom stereocenters. The van der Waals surface area contributed by atoms with Crippen LogP contribution in [0.4, 0.5) is 17.1 Å². The molecule has 0 aliphatic carbocycles. The number of aromatic nitrogens is 2. The molecule has 3 aromatic rings. The molecule has 0 radical (unpaired) electrons. The van der Waals surface area contributed by atoms with Crippen LogP contribution < -0.4 is 11.3 Å². The van der Waals surface area contributed by atoms with Crippen LogP contribution in [0, 0.1) is 0 Å². The molecule has 0 saturated heterocycles. The van der Waals surface area contributed by atoms with E-state index >= 15 is 0 Å². The molecule has 2 aromatic carbocycles. The van der Waals surface area contributed by atoms with Gasteiger partial charge in [-0.1, -0.05) is 24.3 Å². The van der Waals surface area contributed by atoms with Crippen molar-refractivity contribution in [2.24, 2.45) is 10.2 Å². The van der Waals surface area contributed by atoms with Crippen LogP contribution >= 0.6 is 0 Å². The van der Waals surface area contributed by atoms with Crippen molar-refractivity contribution in [3.8, 4) is 11.3 Å². The summed E-state index contributed by atoms with van der Waals surface area (Å²) < 4.78 is 0. The van der Waals surface area contributed by atoms with Gasteiger partial charge < -0.3 is 10.8 Å². The number of carbonyl (C=O) groups is 1. The van der Waals surface area contributed by atoms with Crippen LogP contribution in [-0.4, -0.2) is 21.3 Å². The van der Waals surface area contributed by atoms with Crippen molar-refractivity contribution >= 4 is 23.0 Å². The van der Waals surface area contributed by atoms with E-state index in [0.29, 0.717) is 28.2 Å². The number of carboxylic acids is 1. The second-order valence-corrected chi connectivity index (χ2v) is 5.37. The van der Waals surface area contributed by atoms with E-state index in [1.165, 1.54) is 0 Å². The first kappa shape index (κ1) is 16.2. The predicted octanol–water partition coefficient (Wildman–Crippen LogP) is 2.99. The van der Waals surface area contributed by atoms with Crippen molar-refractivity contribution in [1.29, 1.82) is 0 Å². The number of aromatic amines is 2. The lowest BCUT2D eigenvalue weighted by atomic mass is 10.1. The molecule has 0 aliphatic rings. The number of azo groups is 1. The summed E-state index contributed by atoms with van der Waals surface area (Å²) in [5.74, 6) is -0.903. The minimum Gasteiger partial charge on any atom is -0.481 e. The fourth-order valence-corrected chi connectivity index (χ4v) is 2.31. The van der Waals surface area contributed by atoms with Gasteiger partial charge in [0.1, 0.15) is 0 Å². The lowest BCUT2D eigenvalue weighted by Crippen LogP contribution is -1.99. The van der Waals surface area contributed by atoms with Gasteiger partial charge in [-0.25, -0.2) is 0 Å². The molecule has 1 heterocycles. The monoisotopic (exact) mass is 337 g/mol. The summed E-state index contributed by atoms with van der Waals surface area (Å²) in [4.78, 5) is 22.6. The number of H-pyrrole nitrogens is 2. The van der Waals surface area contributed by atoms with E-state index in [-0.39, 0.29) is 12.1 Å². The average molecular weight is 337 g/mol. The summed E-state index contributed by atoms with van der Waals surface area (Å²) >= 11 is 0. The van der Waals surface area contributed by atoms with Gasteiger partial charge in [-0.2, -0.15) is 5.11 Å². The maximum atomic E-state index is 12.0. The third-order valence-corrected chi connectivity index (χ3v) is 3.49. The summed E-state index contributed by atoms with van der Waals surface area (Å²) in [6, 6.07) is 13.6. The Kier molecular flexibility index (Phi) is 4.42. The van der Waals surface area contributed by atoms with Crippen LogP contribution in [0.15, 0.2) is 63.6 Å². The first-order valence-corrected chi connectivity index (χ1v) is 7.42. The number of nitrogens with one attached hydrogen (secondary N) is 2. The number of anilines is 1. The van der Waals surface area contributed by atoms with Gasteiger partial charge in [0.05, 0.1) is 17.8 Å². The molecule has 0 fully saturated rings. The van der Waals surface area contributed by atoms with Gasteiger partial charge in [0.15, 0.2) is 5.69 Å². The Morgan fingerprint density at radius 1 is 1.08 bits per heavy atom. The summed E-state index contributed by atoms with van der Waals surface area (Å²) in [6.07, 6.45) is -0.0610. The van der Waals surface area contributed by atoms with Gasteiger partial charge in [0.25, 0.3) is 5.56 Å². The van der Waals surface area contributed by atoms with Crippen molar-refractivity contribution in [2.75, 3.05) is 5.73 Å². The highest BCUT2D eigenvalue weighted by Gasteiger charge is 2.11. The van der Waals surface area contributed by atoms with Crippen molar-refractivity contribution in [3.05, 3.63) is 64.4 Å². The zero-order valence-corrected chi connectivity index (χ0v) is 13.1. The molecular weight excluding hydrogens is 322 g/mol. The predicted molar refractivity (Wildman–Crippen MR) is 93.2 cm³/mol. The summed E-state index contributed by atoms with van der Waals surface area (Å²) in [7, 11) is 0. The van der Waals surface area contributed by atoms with Crippen molar-refractivity contribution in [1.82, 2.24) is 10.2 Å². The molecule has 1 aromatic heterocycles. The number of nitrogens with zero attached hydrogens (tertiary/aromatic N) is 2. The van der Waals surface area contributed by atoms with Crippen molar-refractivity contribution < 1.29 is 9.90 Å². The molecule has 0 bridgehead atoms. The maximum Gasteiger partial charge on any atom is 0.307 e. The SMILES string of the molecule is Nc1cccc(-c2[nH][nH]c(=O)c2N=Nc2ccc(CC(=O)O)cc2)c1. The normalized spacial score (nSPS) is 11.0. The molecule has 0 aliphatic heterocycles. The Morgan fingerprint density at radius 3 is 2.52 bits per heavy atom. The maximum absolute atomic E-state index is 12.0. The molecule has 0 amide bonds. The quantitative estimate of drug-likeness (QED) is 0.420. The van der Waals surface area contributed by atoms with Crippen molar-refractivity contribution in [2.45, 2.75) is 6.42 Å². The van der Waals surface area contributed by atoms with E-state index in [2.05, 4.69) is 20.4 Å². The van der Waals surface area contributed by atoms with Gasteiger partial charge in [0, 0.05) is 11.3 Å². The van der Waals surface area contributed by atoms with E-state index in [9.17, 15) is 9.59 Å². The molecule has 0 atom stereocenters. The highest BCUT2D eigenvalue weighted by Crippen LogP contribution is 2.27. The minimum atomic E-state index is -0.903. The Labute approximate surface area is 142 Å². The number of aliphatic carboxylic acids is 1. The summed E-state index contributed by atoms with van der Waals surface area (Å²) in [5, 5.41) is 22.1. The fraction of sp³-hybridized carbons (Fsp3) is 0.0588. The smallest absolute Gasteiger partial charge is 0.307 e. The lowest BCUT2D eigenvalue weighted by Gasteiger charge is -2.00. The minimum absolute atomic E-state index is 0.0610. The van der Waals surface area contributed by atoms with Crippen molar-refractivity contribution in [3.63, 3.8) is 0 Å². The Hall–Kier alpha value is -3.68. The van der Waals surface area contributed by atoms with Gasteiger partial charge in [0.2, 0.25) is 0 Å². The topological polar surface area (TPSA) is 137 Å². The number of rotatable bonds is 5. The zero-order chi connectivity index (χ0) is 17.8. The van der Waals surface area contributed by atoms with Gasteiger partial charge in [-0.3, -0.25) is 19.8 Å². The molecule has 25 heavy (non-hydrogen) atoms. The van der Waals surface area contributed by atoms with Crippen LogP contribution in [0.5, 0.6) is 0 Å². The molecule has 8 nitrogen and oxygen atoms in total. The molecule has 8 heteroatoms. The van der Waals surface area contributed by atoms with E-state index in [0.717, 1.165) is 0 Å². The Bertz CT molecular complexity index is 986. The molecule has 0 spiro atoms. The summed E-state index contributed by atoms with van der Waals surface area (Å²) in [6.45, 7) is 0. The van der Waals surface area contributed by atoms with Crippen LogP contribution in [0.25, 0.3) is 11.3 Å². The standard InChI is InChI=1S/C17H15N5O3/c18-12-3-1-2-11(9-12)15-16(17(25)22-20-15)21-19-13-6-4-10(5-7-13)8-14(23)24/h1-7,9H,8,18H2,(H,23,24)(H2,20,22,25).